The minimum Gasteiger partial charge on any atom is -0.455 e. The molecule has 1 aliphatic rings. The van der Waals surface area contributed by atoms with Crippen LogP contribution in [0.4, 0.5) is 5.69 Å². The summed E-state index contributed by atoms with van der Waals surface area (Å²) in [7, 11) is 1.43. The van der Waals surface area contributed by atoms with Crippen molar-refractivity contribution in [3.8, 4) is 0 Å². The molecule has 1 aliphatic heterocycles. The Kier molecular flexibility index (Phi) is 8.41. The van der Waals surface area contributed by atoms with Gasteiger partial charge in [-0.2, -0.15) is 0 Å². The van der Waals surface area contributed by atoms with Gasteiger partial charge in [0, 0.05) is 43.4 Å². The normalized spacial score (nSPS) is 24.5. The molecule has 1 unspecified atom stereocenters. The minimum absolute atomic E-state index is 0.427. The Bertz CT molecular complexity index is 934. The molecule has 1 amide bonds. The van der Waals surface area contributed by atoms with Crippen LogP contribution in [0.2, 0.25) is 5.02 Å². The van der Waals surface area contributed by atoms with Crippen LogP contribution in [0.1, 0.15) is 20.8 Å². The van der Waals surface area contributed by atoms with Gasteiger partial charge >= 0.3 is 17.9 Å². The van der Waals surface area contributed by atoms with Crippen molar-refractivity contribution < 1.29 is 38.1 Å². The monoisotopic (exact) mass is 468 g/mol. The average Bonchev–Trinajstić information content (AvgIpc) is 2.70. The number of ether oxygens (including phenoxy) is 4. The molecule has 172 valence electrons. The number of benzene rings is 1. The van der Waals surface area contributed by atoms with E-state index in [0.29, 0.717) is 10.7 Å². The topological polar surface area (TPSA) is 157 Å². The second kappa shape index (κ2) is 10.8. The first kappa shape index (κ1) is 24.9. The number of likely N-dealkylation sites (N-methyl/N-ethyl adjacent to an activating group) is 1. The number of hydrogen-bond acceptors (Lipinski definition) is 9. The highest BCUT2D eigenvalue weighted by molar-refractivity contribution is 6.30. The Morgan fingerprint density at radius 2 is 1.47 bits per heavy atom. The maximum atomic E-state index is 13.3. The molecule has 0 aliphatic carbocycles. The van der Waals surface area contributed by atoms with Crippen molar-refractivity contribution in [3.63, 3.8) is 0 Å². The molecule has 0 radical (unpaired) electrons. The number of carbonyl (C=O) groups is 4. The van der Waals surface area contributed by atoms with Crippen molar-refractivity contribution in [2.75, 3.05) is 11.9 Å². The first-order valence-corrected chi connectivity index (χ1v) is 9.67. The number of amides is 1. The fraction of sp³-hybridized carbons (Fsp3) is 0.474. The highest BCUT2D eigenvalue weighted by Crippen LogP contribution is 2.31. The third-order valence-corrected chi connectivity index (χ3v) is 4.62. The molecule has 0 aromatic heterocycles. The van der Waals surface area contributed by atoms with Crippen molar-refractivity contribution in [2.24, 2.45) is 5.11 Å². The summed E-state index contributed by atoms with van der Waals surface area (Å²) in [6.45, 7) is 3.23. The molecule has 1 heterocycles. The quantitative estimate of drug-likeness (QED) is 0.202. The van der Waals surface area contributed by atoms with Crippen LogP contribution in [0.3, 0.4) is 0 Å². The summed E-state index contributed by atoms with van der Waals surface area (Å²) in [5.41, 5.74) is 9.35. The van der Waals surface area contributed by atoms with E-state index in [1.54, 1.807) is 24.3 Å². The van der Waals surface area contributed by atoms with E-state index in [4.69, 9.17) is 36.1 Å². The Morgan fingerprint density at radius 3 is 1.97 bits per heavy atom. The molecule has 1 aromatic carbocycles. The van der Waals surface area contributed by atoms with Gasteiger partial charge < -0.3 is 23.8 Å². The largest absolute Gasteiger partial charge is 0.455 e. The summed E-state index contributed by atoms with van der Waals surface area (Å²) >= 11 is 5.88. The van der Waals surface area contributed by atoms with Gasteiger partial charge in [0.25, 0.3) is 5.91 Å². The molecule has 0 saturated carbocycles. The predicted octanol–water partition coefficient (Wildman–Crippen LogP) is 2.13. The van der Waals surface area contributed by atoms with Gasteiger partial charge in [0.05, 0.1) is 0 Å². The molecule has 2 rings (SSSR count). The third-order valence-electron chi connectivity index (χ3n) is 4.37. The fourth-order valence-electron chi connectivity index (χ4n) is 3.12. The number of esters is 3. The SMILES string of the molecule is CC(=O)O[C@H]1[C@H](OC(C)=O)[C@@H](OC(C)=O)C(N=[N+]=[N-])O[C@@H]1C(=O)N(C)c1ccc(Cl)cc1. The third kappa shape index (κ3) is 6.10. The van der Waals surface area contributed by atoms with Crippen LogP contribution in [-0.2, 0) is 38.1 Å². The maximum Gasteiger partial charge on any atom is 0.303 e. The van der Waals surface area contributed by atoms with Crippen LogP contribution in [0.25, 0.3) is 10.4 Å². The molecule has 1 saturated heterocycles. The summed E-state index contributed by atoms with van der Waals surface area (Å²) in [6, 6.07) is 6.26. The van der Waals surface area contributed by atoms with Crippen LogP contribution in [0, 0.1) is 0 Å². The minimum atomic E-state index is -1.56. The van der Waals surface area contributed by atoms with Gasteiger partial charge in [-0.15, -0.1) is 0 Å². The van der Waals surface area contributed by atoms with Crippen LogP contribution in [0.15, 0.2) is 29.4 Å². The van der Waals surface area contributed by atoms with Crippen LogP contribution in [0.5, 0.6) is 0 Å². The molecular formula is C19H21ClN4O8. The summed E-state index contributed by atoms with van der Waals surface area (Å²) < 4.78 is 21.2. The van der Waals surface area contributed by atoms with Crippen LogP contribution < -0.4 is 4.90 Å². The van der Waals surface area contributed by atoms with Gasteiger partial charge in [-0.25, -0.2) is 0 Å². The summed E-state index contributed by atoms with van der Waals surface area (Å²) in [5, 5.41) is 3.87. The molecule has 12 nitrogen and oxygen atoms in total. The van der Waals surface area contributed by atoms with E-state index in [9.17, 15) is 19.2 Å². The molecular weight excluding hydrogens is 448 g/mol. The molecule has 1 aromatic rings. The second-order valence-corrected chi connectivity index (χ2v) is 7.18. The Morgan fingerprint density at radius 1 is 0.969 bits per heavy atom. The molecule has 5 atom stereocenters. The van der Waals surface area contributed by atoms with Gasteiger partial charge in [-0.1, -0.05) is 16.7 Å². The number of nitrogens with zero attached hydrogens (tertiary/aromatic N) is 4. The zero-order chi connectivity index (χ0) is 24.0. The molecule has 0 N–H and O–H groups in total. The molecule has 0 spiro atoms. The summed E-state index contributed by atoms with van der Waals surface area (Å²) in [6.07, 6.45) is -7.58. The van der Waals surface area contributed by atoms with Crippen molar-refractivity contribution in [2.45, 2.75) is 51.4 Å². The van der Waals surface area contributed by atoms with E-state index in [-0.39, 0.29) is 0 Å². The van der Waals surface area contributed by atoms with E-state index in [2.05, 4.69) is 10.0 Å². The number of anilines is 1. The van der Waals surface area contributed by atoms with E-state index < -0.39 is 54.5 Å². The van der Waals surface area contributed by atoms with Crippen molar-refractivity contribution >= 4 is 41.1 Å². The van der Waals surface area contributed by atoms with E-state index >= 15 is 0 Å². The first-order valence-electron chi connectivity index (χ1n) is 9.29. The van der Waals surface area contributed by atoms with Crippen molar-refractivity contribution in [1.82, 2.24) is 0 Å². The van der Waals surface area contributed by atoms with Crippen molar-refractivity contribution in [3.05, 3.63) is 39.7 Å². The zero-order valence-electron chi connectivity index (χ0n) is 17.6. The number of carbonyl (C=O) groups excluding carboxylic acids is 4. The molecule has 32 heavy (non-hydrogen) atoms. The second-order valence-electron chi connectivity index (χ2n) is 6.75. The smallest absolute Gasteiger partial charge is 0.303 e. The lowest BCUT2D eigenvalue weighted by Crippen LogP contribution is -2.64. The number of azide groups is 1. The van der Waals surface area contributed by atoms with E-state index in [0.717, 1.165) is 20.8 Å². The highest BCUT2D eigenvalue weighted by atomic mass is 35.5. The highest BCUT2D eigenvalue weighted by Gasteiger charge is 2.54. The molecule has 1 fully saturated rings. The van der Waals surface area contributed by atoms with Crippen LogP contribution in [-0.4, -0.2) is 61.5 Å². The standard InChI is InChI=1S/C19H21ClN4O8/c1-9(25)29-14-15(30-10(2)26)17(32-18(22-23-21)16(14)31-11(3)27)19(28)24(4)13-7-5-12(20)6-8-13/h5-8,14-18H,1-4H3/t14-,15-,16+,17-,18?/m0/s1. The van der Waals surface area contributed by atoms with Gasteiger partial charge in [0.2, 0.25) is 0 Å². The summed E-state index contributed by atoms with van der Waals surface area (Å²) in [4.78, 5) is 52.3. The Balaban J connectivity index is 2.51. The lowest BCUT2D eigenvalue weighted by Gasteiger charge is -2.43. The Labute approximate surface area is 187 Å². The Hall–Kier alpha value is -3.34. The van der Waals surface area contributed by atoms with E-state index in [1.165, 1.54) is 11.9 Å². The molecule has 13 heteroatoms. The van der Waals surface area contributed by atoms with Crippen molar-refractivity contribution in [1.29, 1.82) is 0 Å². The summed E-state index contributed by atoms with van der Waals surface area (Å²) in [5.74, 6) is -3.15. The average molecular weight is 469 g/mol. The number of hydrogen-bond donors (Lipinski definition) is 0. The lowest BCUT2D eigenvalue weighted by atomic mass is 9.96. The zero-order valence-corrected chi connectivity index (χ0v) is 18.4. The van der Waals surface area contributed by atoms with Gasteiger partial charge in [0.1, 0.15) is 0 Å². The van der Waals surface area contributed by atoms with Crippen LogP contribution >= 0.6 is 11.6 Å². The maximum absolute atomic E-state index is 13.3. The van der Waals surface area contributed by atoms with Gasteiger partial charge in [-0.3, -0.25) is 19.2 Å². The van der Waals surface area contributed by atoms with Gasteiger partial charge in [0.15, 0.2) is 30.6 Å². The van der Waals surface area contributed by atoms with E-state index in [1.807, 2.05) is 0 Å². The fourth-order valence-corrected chi connectivity index (χ4v) is 3.24. The lowest BCUT2D eigenvalue weighted by molar-refractivity contribution is -0.242. The van der Waals surface area contributed by atoms with Gasteiger partial charge in [-0.05, 0) is 29.8 Å². The predicted molar refractivity (Wildman–Crippen MR) is 109 cm³/mol. The number of rotatable bonds is 6. The molecule has 0 bridgehead atoms. The first-order chi connectivity index (χ1) is 15.0. The number of halogens is 1.